The average molecular weight is 344 g/mol. The second-order valence-electron chi connectivity index (χ2n) is 4.77. The minimum atomic E-state index is 0.610. The van der Waals surface area contributed by atoms with Crippen LogP contribution in [0.25, 0.3) is 11.4 Å². The van der Waals surface area contributed by atoms with E-state index in [1.807, 2.05) is 48.5 Å². The largest absolute Gasteiger partial charge is 0.399 e. The van der Waals surface area contributed by atoms with Crippen molar-refractivity contribution in [1.82, 2.24) is 10.1 Å². The van der Waals surface area contributed by atoms with E-state index in [4.69, 9.17) is 10.3 Å². The van der Waals surface area contributed by atoms with E-state index in [0.29, 0.717) is 18.1 Å². The van der Waals surface area contributed by atoms with E-state index in [1.165, 1.54) is 0 Å². The SMILES string of the molecule is Nc1cccc(CCc2nc(-c3cccc(Br)c3)no2)c1. The normalized spacial score (nSPS) is 10.7. The zero-order chi connectivity index (χ0) is 14.7. The molecule has 0 aliphatic heterocycles. The minimum absolute atomic E-state index is 0.610. The maximum atomic E-state index is 5.77. The number of benzene rings is 2. The first-order valence-corrected chi connectivity index (χ1v) is 7.43. The minimum Gasteiger partial charge on any atom is -0.399 e. The van der Waals surface area contributed by atoms with Gasteiger partial charge in [-0.1, -0.05) is 45.4 Å². The number of nitrogens with two attached hydrogens (primary N) is 1. The number of hydrogen-bond acceptors (Lipinski definition) is 4. The molecule has 0 atom stereocenters. The lowest BCUT2D eigenvalue weighted by molar-refractivity contribution is 0.379. The monoisotopic (exact) mass is 343 g/mol. The molecule has 106 valence electrons. The van der Waals surface area contributed by atoms with Crippen LogP contribution in [-0.2, 0) is 12.8 Å². The molecule has 0 radical (unpaired) electrons. The summed E-state index contributed by atoms with van der Waals surface area (Å²) in [5.74, 6) is 1.24. The quantitative estimate of drug-likeness (QED) is 0.730. The van der Waals surface area contributed by atoms with Gasteiger partial charge in [0.15, 0.2) is 0 Å². The summed E-state index contributed by atoms with van der Waals surface area (Å²) in [6.45, 7) is 0. The molecule has 0 aliphatic carbocycles. The topological polar surface area (TPSA) is 64.9 Å². The number of halogens is 1. The maximum Gasteiger partial charge on any atom is 0.227 e. The van der Waals surface area contributed by atoms with Crippen LogP contribution in [0, 0.1) is 0 Å². The number of hydrogen-bond donors (Lipinski definition) is 1. The predicted octanol–water partition coefficient (Wildman–Crippen LogP) is 3.87. The van der Waals surface area contributed by atoms with Gasteiger partial charge in [-0.2, -0.15) is 4.98 Å². The number of aryl methyl sites for hydroxylation is 2. The summed E-state index contributed by atoms with van der Waals surface area (Å²) in [4.78, 5) is 4.43. The van der Waals surface area contributed by atoms with Crippen molar-refractivity contribution < 1.29 is 4.52 Å². The molecule has 3 rings (SSSR count). The van der Waals surface area contributed by atoms with Crippen LogP contribution in [0.2, 0.25) is 0 Å². The van der Waals surface area contributed by atoms with Crippen LogP contribution in [0.15, 0.2) is 57.5 Å². The van der Waals surface area contributed by atoms with Gasteiger partial charge in [-0.15, -0.1) is 0 Å². The van der Waals surface area contributed by atoms with E-state index in [0.717, 1.165) is 27.7 Å². The lowest BCUT2D eigenvalue weighted by Gasteiger charge is -1.99. The number of nitrogen functional groups attached to an aromatic ring is 1. The average Bonchev–Trinajstić information content (AvgIpc) is 2.94. The molecule has 0 saturated heterocycles. The first-order valence-electron chi connectivity index (χ1n) is 6.64. The van der Waals surface area contributed by atoms with Gasteiger partial charge in [-0.25, -0.2) is 0 Å². The Morgan fingerprint density at radius 2 is 1.90 bits per heavy atom. The van der Waals surface area contributed by atoms with Gasteiger partial charge in [0, 0.05) is 22.1 Å². The zero-order valence-electron chi connectivity index (χ0n) is 11.3. The Morgan fingerprint density at radius 3 is 2.71 bits per heavy atom. The molecule has 21 heavy (non-hydrogen) atoms. The Morgan fingerprint density at radius 1 is 1.05 bits per heavy atom. The van der Waals surface area contributed by atoms with Crippen LogP contribution in [0.4, 0.5) is 5.69 Å². The first-order chi connectivity index (χ1) is 10.2. The van der Waals surface area contributed by atoms with Crippen LogP contribution in [-0.4, -0.2) is 10.1 Å². The van der Waals surface area contributed by atoms with Gasteiger partial charge in [-0.3, -0.25) is 0 Å². The molecular weight excluding hydrogens is 330 g/mol. The summed E-state index contributed by atoms with van der Waals surface area (Å²) in [5, 5.41) is 4.03. The van der Waals surface area contributed by atoms with Crippen LogP contribution in [0.3, 0.4) is 0 Å². The van der Waals surface area contributed by atoms with Crippen molar-refractivity contribution in [3.63, 3.8) is 0 Å². The van der Waals surface area contributed by atoms with Crippen molar-refractivity contribution in [3.8, 4) is 11.4 Å². The Bertz CT molecular complexity index is 755. The number of anilines is 1. The highest BCUT2D eigenvalue weighted by Crippen LogP contribution is 2.20. The third kappa shape index (κ3) is 3.49. The van der Waals surface area contributed by atoms with Crippen LogP contribution in [0.1, 0.15) is 11.5 Å². The highest BCUT2D eigenvalue weighted by molar-refractivity contribution is 9.10. The van der Waals surface area contributed by atoms with Crippen molar-refractivity contribution in [2.45, 2.75) is 12.8 Å². The van der Waals surface area contributed by atoms with E-state index in [1.54, 1.807) is 0 Å². The summed E-state index contributed by atoms with van der Waals surface area (Å²) in [6, 6.07) is 15.7. The lowest BCUT2D eigenvalue weighted by atomic mass is 10.1. The molecule has 2 N–H and O–H groups in total. The zero-order valence-corrected chi connectivity index (χ0v) is 12.9. The van der Waals surface area contributed by atoms with Crippen molar-refractivity contribution in [3.05, 3.63) is 64.5 Å². The molecule has 3 aromatic rings. The molecule has 4 nitrogen and oxygen atoms in total. The summed E-state index contributed by atoms with van der Waals surface area (Å²) in [6.07, 6.45) is 1.52. The van der Waals surface area contributed by atoms with Crippen molar-refractivity contribution in [1.29, 1.82) is 0 Å². The van der Waals surface area contributed by atoms with Gasteiger partial charge in [0.2, 0.25) is 11.7 Å². The van der Waals surface area contributed by atoms with Crippen LogP contribution in [0.5, 0.6) is 0 Å². The second-order valence-corrected chi connectivity index (χ2v) is 5.68. The number of aromatic nitrogens is 2. The molecular formula is C16H14BrN3O. The lowest BCUT2D eigenvalue weighted by Crippen LogP contribution is -1.93. The molecule has 1 aromatic heterocycles. The fraction of sp³-hybridized carbons (Fsp3) is 0.125. The molecule has 0 amide bonds. The van der Waals surface area contributed by atoms with Crippen LogP contribution >= 0.6 is 15.9 Å². The molecule has 0 unspecified atom stereocenters. The summed E-state index contributed by atoms with van der Waals surface area (Å²) in [7, 11) is 0. The Balaban J connectivity index is 1.71. The molecule has 0 spiro atoms. The third-order valence-corrected chi connectivity index (χ3v) is 3.62. The Labute approximate surface area is 131 Å². The van der Waals surface area contributed by atoms with Gasteiger partial charge in [0.25, 0.3) is 0 Å². The van der Waals surface area contributed by atoms with Gasteiger partial charge in [0.05, 0.1) is 0 Å². The molecule has 0 aliphatic rings. The van der Waals surface area contributed by atoms with Gasteiger partial charge in [-0.05, 0) is 36.2 Å². The summed E-state index contributed by atoms with van der Waals surface area (Å²) < 4.78 is 6.29. The molecule has 5 heteroatoms. The first kappa shape index (κ1) is 13.8. The van der Waals surface area contributed by atoms with Crippen molar-refractivity contribution in [2.75, 3.05) is 5.73 Å². The van der Waals surface area contributed by atoms with Gasteiger partial charge >= 0.3 is 0 Å². The second kappa shape index (κ2) is 6.10. The smallest absolute Gasteiger partial charge is 0.227 e. The van der Waals surface area contributed by atoms with Gasteiger partial charge < -0.3 is 10.3 Å². The Kier molecular flexibility index (Phi) is 4.01. The van der Waals surface area contributed by atoms with Gasteiger partial charge in [0.1, 0.15) is 0 Å². The molecule has 0 bridgehead atoms. The fourth-order valence-electron chi connectivity index (χ4n) is 2.10. The van der Waals surface area contributed by atoms with Crippen molar-refractivity contribution in [2.24, 2.45) is 0 Å². The van der Waals surface area contributed by atoms with Crippen LogP contribution < -0.4 is 5.73 Å². The van der Waals surface area contributed by atoms with E-state index in [2.05, 4.69) is 26.1 Å². The standard InChI is InChI=1S/C16H14BrN3O/c17-13-5-2-4-12(10-13)16-19-15(21-20-16)8-7-11-3-1-6-14(18)9-11/h1-6,9-10H,7-8,18H2. The fourth-order valence-corrected chi connectivity index (χ4v) is 2.50. The summed E-state index contributed by atoms with van der Waals surface area (Å²) >= 11 is 3.44. The maximum absolute atomic E-state index is 5.77. The summed E-state index contributed by atoms with van der Waals surface area (Å²) in [5.41, 5.74) is 8.63. The highest BCUT2D eigenvalue weighted by Gasteiger charge is 2.09. The molecule has 0 fully saturated rings. The van der Waals surface area contributed by atoms with Crippen molar-refractivity contribution >= 4 is 21.6 Å². The third-order valence-electron chi connectivity index (χ3n) is 3.13. The molecule has 2 aromatic carbocycles. The van der Waals surface area contributed by atoms with E-state index < -0.39 is 0 Å². The molecule has 1 heterocycles. The van der Waals surface area contributed by atoms with E-state index in [9.17, 15) is 0 Å². The molecule has 0 saturated carbocycles. The number of nitrogens with zero attached hydrogens (tertiary/aromatic N) is 2. The predicted molar refractivity (Wildman–Crippen MR) is 85.7 cm³/mol. The van der Waals surface area contributed by atoms with E-state index >= 15 is 0 Å². The highest BCUT2D eigenvalue weighted by atomic mass is 79.9. The van der Waals surface area contributed by atoms with E-state index in [-0.39, 0.29) is 0 Å². The Hall–Kier alpha value is -2.14. The number of rotatable bonds is 4.